The van der Waals surface area contributed by atoms with Gasteiger partial charge in [-0.2, -0.15) is 0 Å². The monoisotopic (exact) mass is 284 g/mol. The first-order valence-electron chi connectivity index (χ1n) is 7.44. The Morgan fingerprint density at radius 1 is 0.545 bits per heavy atom. The fraction of sp³-hybridized carbons (Fsp3) is 0.100. The highest BCUT2D eigenvalue weighted by molar-refractivity contribution is 5.84. The Balaban J connectivity index is 1.87. The molecule has 0 unspecified atom stereocenters. The first-order chi connectivity index (χ1) is 10.7. The van der Waals surface area contributed by atoms with Crippen molar-refractivity contribution in [1.29, 1.82) is 0 Å². The summed E-state index contributed by atoms with van der Waals surface area (Å²) in [6.07, 6.45) is 0. The minimum Gasteiger partial charge on any atom is -0.246 e. The molecule has 0 radical (unpaired) electrons. The molecule has 0 saturated heterocycles. The summed E-state index contributed by atoms with van der Waals surface area (Å²) < 4.78 is 0. The normalized spacial score (nSPS) is 11.2. The first-order valence-corrected chi connectivity index (χ1v) is 7.44. The van der Waals surface area contributed by atoms with E-state index in [0.29, 0.717) is 0 Å². The van der Waals surface area contributed by atoms with E-state index in [2.05, 4.69) is 62.4 Å². The van der Waals surface area contributed by atoms with Crippen LogP contribution in [0.25, 0.3) is 33.2 Å². The van der Waals surface area contributed by atoms with E-state index < -0.39 is 0 Å². The molecular formula is C20H16N2. The van der Waals surface area contributed by atoms with Crippen molar-refractivity contribution in [2.75, 3.05) is 0 Å². The van der Waals surface area contributed by atoms with Crippen LogP contribution in [0.3, 0.4) is 0 Å². The Kier molecular flexibility index (Phi) is 2.90. The van der Waals surface area contributed by atoms with Crippen molar-refractivity contribution in [2.45, 2.75) is 13.8 Å². The van der Waals surface area contributed by atoms with Crippen molar-refractivity contribution < 1.29 is 0 Å². The molecule has 22 heavy (non-hydrogen) atoms. The maximum absolute atomic E-state index is 4.75. The van der Waals surface area contributed by atoms with Crippen LogP contribution in [-0.4, -0.2) is 9.97 Å². The average molecular weight is 284 g/mol. The molecule has 4 rings (SSSR count). The second kappa shape index (κ2) is 4.92. The number of pyridine rings is 2. The highest BCUT2D eigenvalue weighted by Crippen LogP contribution is 2.23. The standard InChI is InChI=1S/C20H16N2/c1-13-3-7-17-15(11-13)5-9-19(21-17)20-10-6-16-12-14(2)4-8-18(16)22-20/h3-12H,1-2H3. The molecule has 2 heteroatoms. The molecule has 0 atom stereocenters. The molecule has 0 fully saturated rings. The second-order valence-corrected chi connectivity index (χ2v) is 5.79. The zero-order chi connectivity index (χ0) is 15.1. The maximum atomic E-state index is 4.75. The number of nitrogens with zero attached hydrogens (tertiary/aromatic N) is 2. The number of rotatable bonds is 1. The fourth-order valence-electron chi connectivity index (χ4n) is 2.78. The summed E-state index contributed by atoms with van der Waals surface area (Å²) in [4.78, 5) is 9.50. The van der Waals surface area contributed by atoms with Crippen LogP contribution in [0.5, 0.6) is 0 Å². The predicted octanol–water partition coefficient (Wildman–Crippen LogP) is 5.07. The number of aromatic nitrogens is 2. The molecule has 4 aromatic rings. The van der Waals surface area contributed by atoms with Gasteiger partial charge in [0.15, 0.2) is 0 Å². The number of benzene rings is 2. The number of aryl methyl sites for hydroxylation is 2. The van der Waals surface area contributed by atoms with Gasteiger partial charge in [0.1, 0.15) is 0 Å². The van der Waals surface area contributed by atoms with Crippen LogP contribution >= 0.6 is 0 Å². The summed E-state index contributed by atoms with van der Waals surface area (Å²) in [5.74, 6) is 0. The summed E-state index contributed by atoms with van der Waals surface area (Å²) in [5, 5.41) is 2.33. The van der Waals surface area contributed by atoms with E-state index in [9.17, 15) is 0 Å². The topological polar surface area (TPSA) is 25.8 Å². The highest BCUT2D eigenvalue weighted by Gasteiger charge is 2.05. The summed E-state index contributed by atoms with van der Waals surface area (Å²) in [6, 6.07) is 21.0. The van der Waals surface area contributed by atoms with Gasteiger partial charge >= 0.3 is 0 Å². The molecule has 2 nitrogen and oxygen atoms in total. The van der Waals surface area contributed by atoms with Crippen molar-refractivity contribution in [2.24, 2.45) is 0 Å². The van der Waals surface area contributed by atoms with Gasteiger partial charge in [-0.05, 0) is 50.2 Å². The molecule has 0 aliphatic carbocycles. The summed E-state index contributed by atoms with van der Waals surface area (Å²) >= 11 is 0. The van der Waals surface area contributed by atoms with Crippen molar-refractivity contribution in [3.05, 3.63) is 71.8 Å². The third-order valence-corrected chi connectivity index (χ3v) is 3.95. The summed E-state index contributed by atoms with van der Waals surface area (Å²) in [5.41, 5.74) is 6.35. The molecule has 2 heterocycles. The fourth-order valence-corrected chi connectivity index (χ4v) is 2.78. The molecule has 0 bridgehead atoms. The Bertz CT molecular complexity index is 920. The van der Waals surface area contributed by atoms with Gasteiger partial charge in [-0.15, -0.1) is 0 Å². The van der Waals surface area contributed by atoms with Crippen molar-refractivity contribution in [1.82, 2.24) is 9.97 Å². The molecule has 0 amide bonds. The Morgan fingerprint density at radius 3 is 1.45 bits per heavy atom. The SMILES string of the molecule is Cc1ccc2nc(-c3ccc4cc(C)ccc4n3)ccc2c1. The first kappa shape index (κ1) is 13.0. The maximum Gasteiger partial charge on any atom is 0.0894 e. The minimum absolute atomic E-state index is 0.916. The number of hydrogen-bond acceptors (Lipinski definition) is 2. The van der Waals surface area contributed by atoms with Gasteiger partial charge in [0.05, 0.1) is 22.4 Å². The van der Waals surface area contributed by atoms with Crippen molar-refractivity contribution >= 4 is 21.8 Å². The van der Waals surface area contributed by atoms with Crippen LogP contribution in [0.1, 0.15) is 11.1 Å². The van der Waals surface area contributed by atoms with E-state index in [1.165, 1.54) is 21.9 Å². The molecule has 0 aliphatic rings. The third kappa shape index (κ3) is 2.23. The van der Waals surface area contributed by atoms with Crippen molar-refractivity contribution in [3.8, 4) is 11.4 Å². The number of fused-ring (bicyclic) bond motifs is 2. The second-order valence-electron chi connectivity index (χ2n) is 5.79. The Labute approximate surface area is 129 Å². The molecule has 106 valence electrons. The Hall–Kier alpha value is -2.74. The molecule has 0 saturated carbocycles. The average Bonchev–Trinajstić information content (AvgIpc) is 2.54. The molecule has 2 aromatic heterocycles. The molecule has 0 spiro atoms. The lowest BCUT2D eigenvalue weighted by Crippen LogP contribution is -1.90. The quantitative estimate of drug-likeness (QED) is 0.488. The van der Waals surface area contributed by atoms with Gasteiger partial charge in [0.2, 0.25) is 0 Å². The smallest absolute Gasteiger partial charge is 0.0894 e. The van der Waals surface area contributed by atoms with E-state index in [4.69, 9.17) is 9.97 Å². The van der Waals surface area contributed by atoms with Gasteiger partial charge in [0.25, 0.3) is 0 Å². The summed E-state index contributed by atoms with van der Waals surface area (Å²) in [7, 11) is 0. The van der Waals surface area contributed by atoms with Crippen LogP contribution in [0, 0.1) is 13.8 Å². The zero-order valence-corrected chi connectivity index (χ0v) is 12.7. The van der Waals surface area contributed by atoms with Gasteiger partial charge in [-0.25, -0.2) is 9.97 Å². The van der Waals surface area contributed by atoms with Crippen LogP contribution < -0.4 is 0 Å². The lowest BCUT2D eigenvalue weighted by Gasteiger charge is -2.05. The molecule has 0 N–H and O–H groups in total. The van der Waals surface area contributed by atoms with E-state index in [-0.39, 0.29) is 0 Å². The number of hydrogen-bond donors (Lipinski definition) is 0. The van der Waals surface area contributed by atoms with Crippen LogP contribution in [0.4, 0.5) is 0 Å². The lowest BCUT2D eigenvalue weighted by molar-refractivity contribution is 1.31. The highest BCUT2D eigenvalue weighted by atomic mass is 14.8. The zero-order valence-electron chi connectivity index (χ0n) is 12.7. The molecule has 2 aromatic carbocycles. The van der Waals surface area contributed by atoms with Crippen LogP contribution in [-0.2, 0) is 0 Å². The lowest BCUT2D eigenvalue weighted by atomic mass is 10.1. The predicted molar refractivity (Wildman–Crippen MR) is 92.0 cm³/mol. The van der Waals surface area contributed by atoms with E-state index in [1.807, 2.05) is 12.1 Å². The van der Waals surface area contributed by atoms with Gasteiger partial charge in [0, 0.05) is 10.8 Å². The van der Waals surface area contributed by atoms with E-state index >= 15 is 0 Å². The van der Waals surface area contributed by atoms with E-state index in [1.54, 1.807) is 0 Å². The van der Waals surface area contributed by atoms with Crippen LogP contribution in [0.2, 0.25) is 0 Å². The van der Waals surface area contributed by atoms with Crippen LogP contribution in [0.15, 0.2) is 60.7 Å². The van der Waals surface area contributed by atoms with Crippen molar-refractivity contribution in [3.63, 3.8) is 0 Å². The Morgan fingerprint density at radius 2 is 1.00 bits per heavy atom. The molecule has 0 aliphatic heterocycles. The minimum atomic E-state index is 0.916. The van der Waals surface area contributed by atoms with Gasteiger partial charge in [-0.3, -0.25) is 0 Å². The largest absolute Gasteiger partial charge is 0.246 e. The van der Waals surface area contributed by atoms with E-state index in [0.717, 1.165) is 22.4 Å². The summed E-state index contributed by atoms with van der Waals surface area (Å²) in [6.45, 7) is 4.19. The van der Waals surface area contributed by atoms with Gasteiger partial charge < -0.3 is 0 Å². The molecular weight excluding hydrogens is 268 g/mol. The van der Waals surface area contributed by atoms with Gasteiger partial charge in [-0.1, -0.05) is 35.4 Å². The third-order valence-electron chi connectivity index (χ3n) is 3.95.